The van der Waals surface area contributed by atoms with Crippen LogP contribution in [0.15, 0.2) is 6.33 Å². The quantitative estimate of drug-likeness (QED) is 0.833. The number of aryl methyl sites for hydroxylation is 1. The van der Waals surface area contributed by atoms with Crippen LogP contribution in [0.1, 0.15) is 38.6 Å². The fraction of sp³-hybridized carbons (Fsp3) is 0.818. The van der Waals surface area contributed by atoms with Crippen LogP contribution in [0.2, 0.25) is 0 Å². The van der Waals surface area contributed by atoms with Crippen molar-refractivity contribution in [3.63, 3.8) is 0 Å². The molecule has 1 aromatic heterocycles. The monoisotopic (exact) mass is 224 g/mol. The first-order valence-electron chi connectivity index (χ1n) is 5.89. The fourth-order valence-electron chi connectivity index (χ4n) is 2.10. The van der Waals surface area contributed by atoms with E-state index in [0.29, 0.717) is 12.1 Å². The number of nitrogens with zero attached hydrogens (tertiary/aromatic N) is 3. The molecule has 3 atom stereocenters. The Morgan fingerprint density at radius 3 is 3.12 bits per heavy atom. The molecule has 1 aromatic rings. The molecular weight excluding hydrogens is 204 g/mol. The summed E-state index contributed by atoms with van der Waals surface area (Å²) in [7, 11) is 1.74. The molecule has 1 aliphatic heterocycles. The first-order valence-corrected chi connectivity index (χ1v) is 5.89. The predicted octanol–water partition coefficient (Wildman–Crippen LogP) is 1.13. The standard InChI is InChI=1S/C11H20N4O/c1-8(9(2)16-3)14-10-5-4-6-15-11(10)12-7-13-15/h7-10,14H,4-6H2,1-3H3. The van der Waals surface area contributed by atoms with Gasteiger partial charge in [-0.25, -0.2) is 9.67 Å². The molecule has 0 saturated heterocycles. The third kappa shape index (κ3) is 2.25. The van der Waals surface area contributed by atoms with Gasteiger partial charge < -0.3 is 10.1 Å². The van der Waals surface area contributed by atoms with E-state index >= 15 is 0 Å². The summed E-state index contributed by atoms with van der Waals surface area (Å²) in [5.41, 5.74) is 0. The van der Waals surface area contributed by atoms with Gasteiger partial charge in [0.05, 0.1) is 12.1 Å². The minimum absolute atomic E-state index is 0.207. The Labute approximate surface area is 96.2 Å². The first kappa shape index (κ1) is 11.5. The molecule has 2 rings (SSSR count). The van der Waals surface area contributed by atoms with E-state index in [1.165, 1.54) is 0 Å². The highest BCUT2D eigenvalue weighted by molar-refractivity contribution is 4.98. The lowest BCUT2D eigenvalue weighted by molar-refractivity contribution is 0.0820. The fourth-order valence-corrected chi connectivity index (χ4v) is 2.10. The Hall–Kier alpha value is -0.940. The van der Waals surface area contributed by atoms with Gasteiger partial charge in [-0.15, -0.1) is 0 Å². The molecule has 0 spiro atoms. The lowest BCUT2D eigenvalue weighted by Gasteiger charge is -2.28. The van der Waals surface area contributed by atoms with Crippen molar-refractivity contribution in [1.82, 2.24) is 20.1 Å². The number of nitrogens with one attached hydrogen (secondary N) is 1. The van der Waals surface area contributed by atoms with E-state index in [1.807, 2.05) is 4.68 Å². The second kappa shape index (κ2) is 4.93. The van der Waals surface area contributed by atoms with E-state index in [9.17, 15) is 0 Å². The van der Waals surface area contributed by atoms with E-state index < -0.39 is 0 Å². The van der Waals surface area contributed by atoms with Crippen molar-refractivity contribution in [2.75, 3.05) is 7.11 Å². The Kier molecular flexibility index (Phi) is 3.56. The molecule has 5 nitrogen and oxygen atoms in total. The van der Waals surface area contributed by atoms with Crippen LogP contribution in [-0.4, -0.2) is 34.0 Å². The van der Waals surface area contributed by atoms with Gasteiger partial charge >= 0.3 is 0 Å². The third-order valence-electron chi connectivity index (χ3n) is 3.36. The highest BCUT2D eigenvalue weighted by atomic mass is 16.5. The number of hydrogen-bond donors (Lipinski definition) is 1. The number of rotatable bonds is 4. The molecule has 0 saturated carbocycles. The van der Waals surface area contributed by atoms with Crippen LogP contribution in [0.5, 0.6) is 0 Å². The number of ether oxygens (including phenoxy) is 1. The van der Waals surface area contributed by atoms with E-state index in [0.717, 1.165) is 25.2 Å². The molecule has 0 radical (unpaired) electrons. The van der Waals surface area contributed by atoms with Crippen molar-refractivity contribution in [3.8, 4) is 0 Å². The van der Waals surface area contributed by atoms with Crippen molar-refractivity contribution in [2.45, 2.75) is 51.4 Å². The Morgan fingerprint density at radius 1 is 1.56 bits per heavy atom. The third-order valence-corrected chi connectivity index (χ3v) is 3.36. The molecule has 3 unspecified atom stereocenters. The normalized spacial score (nSPS) is 23.8. The SMILES string of the molecule is COC(C)C(C)NC1CCCn2ncnc21. The number of aromatic nitrogens is 3. The van der Waals surface area contributed by atoms with Crippen molar-refractivity contribution in [1.29, 1.82) is 0 Å². The molecule has 16 heavy (non-hydrogen) atoms. The van der Waals surface area contributed by atoms with Gasteiger partial charge in [0.2, 0.25) is 0 Å². The summed E-state index contributed by atoms with van der Waals surface area (Å²) in [4.78, 5) is 4.32. The number of methoxy groups -OCH3 is 1. The van der Waals surface area contributed by atoms with Crippen LogP contribution in [0, 0.1) is 0 Å². The van der Waals surface area contributed by atoms with Gasteiger partial charge in [-0.1, -0.05) is 0 Å². The zero-order chi connectivity index (χ0) is 11.5. The van der Waals surface area contributed by atoms with Crippen molar-refractivity contribution in [3.05, 3.63) is 12.2 Å². The van der Waals surface area contributed by atoms with Gasteiger partial charge in [-0.3, -0.25) is 0 Å². The van der Waals surface area contributed by atoms with E-state index in [4.69, 9.17) is 4.74 Å². The molecule has 2 heterocycles. The zero-order valence-electron chi connectivity index (χ0n) is 10.2. The van der Waals surface area contributed by atoms with Crippen molar-refractivity contribution < 1.29 is 4.74 Å². The molecule has 1 N–H and O–H groups in total. The van der Waals surface area contributed by atoms with Crippen LogP contribution in [0.25, 0.3) is 0 Å². The minimum atomic E-state index is 0.207. The number of hydrogen-bond acceptors (Lipinski definition) is 4. The summed E-state index contributed by atoms with van der Waals surface area (Å²) < 4.78 is 7.31. The van der Waals surface area contributed by atoms with Gasteiger partial charge in [0, 0.05) is 19.7 Å². The topological polar surface area (TPSA) is 52.0 Å². The zero-order valence-corrected chi connectivity index (χ0v) is 10.2. The second-order valence-corrected chi connectivity index (χ2v) is 4.43. The summed E-state index contributed by atoms with van der Waals surface area (Å²) in [5.74, 6) is 1.06. The minimum Gasteiger partial charge on any atom is -0.380 e. The molecule has 90 valence electrons. The highest BCUT2D eigenvalue weighted by Crippen LogP contribution is 2.22. The first-order chi connectivity index (χ1) is 7.72. The van der Waals surface area contributed by atoms with Gasteiger partial charge in [0.1, 0.15) is 12.2 Å². The molecule has 0 fully saturated rings. The maximum absolute atomic E-state index is 5.32. The maximum Gasteiger partial charge on any atom is 0.143 e. The smallest absolute Gasteiger partial charge is 0.143 e. The largest absolute Gasteiger partial charge is 0.380 e. The molecule has 0 bridgehead atoms. The second-order valence-electron chi connectivity index (χ2n) is 4.43. The van der Waals surface area contributed by atoms with Gasteiger partial charge in [0.15, 0.2) is 0 Å². The van der Waals surface area contributed by atoms with Crippen molar-refractivity contribution in [2.24, 2.45) is 0 Å². The van der Waals surface area contributed by atoms with Crippen LogP contribution in [0.3, 0.4) is 0 Å². The predicted molar refractivity (Wildman–Crippen MR) is 61.1 cm³/mol. The van der Waals surface area contributed by atoms with Gasteiger partial charge in [-0.05, 0) is 26.7 Å². The summed E-state index contributed by atoms with van der Waals surface area (Å²) in [6, 6.07) is 0.627. The maximum atomic E-state index is 5.32. The van der Waals surface area contributed by atoms with Crippen LogP contribution in [0.4, 0.5) is 0 Å². The Bertz CT molecular complexity index is 338. The van der Waals surface area contributed by atoms with Crippen molar-refractivity contribution >= 4 is 0 Å². The molecule has 1 aliphatic rings. The van der Waals surface area contributed by atoms with E-state index in [1.54, 1.807) is 13.4 Å². The van der Waals surface area contributed by atoms with Crippen LogP contribution < -0.4 is 5.32 Å². The van der Waals surface area contributed by atoms with E-state index in [2.05, 4.69) is 29.2 Å². The molecule has 0 aliphatic carbocycles. The van der Waals surface area contributed by atoms with E-state index in [-0.39, 0.29) is 6.10 Å². The number of fused-ring (bicyclic) bond motifs is 1. The van der Waals surface area contributed by atoms with Gasteiger partial charge in [0.25, 0.3) is 0 Å². The van der Waals surface area contributed by atoms with Crippen LogP contribution in [-0.2, 0) is 11.3 Å². The van der Waals surface area contributed by atoms with Crippen LogP contribution >= 0.6 is 0 Å². The lowest BCUT2D eigenvalue weighted by Crippen LogP contribution is -2.41. The molecule has 0 aromatic carbocycles. The average molecular weight is 224 g/mol. The summed E-state index contributed by atoms with van der Waals surface area (Å²) in [5, 5.41) is 7.78. The Balaban J connectivity index is 2.02. The highest BCUT2D eigenvalue weighted by Gasteiger charge is 2.25. The Morgan fingerprint density at radius 2 is 2.38 bits per heavy atom. The van der Waals surface area contributed by atoms with Gasteiger partial charge in [-0.2, -0.15) is 5.10 Å². The molecular formula is C11H20N4O. The average Bonchev–Trinajstić information content (AvgIpc) is 2.77. The molecule has 0 amide bonds. The molecule has 5 heteroatoms. The lowest BCUT2D eigenvalue weighted by atomic mass is 10.1. The summed E-state index contributed by atoms with van der Waals surface area (Å²) >= 11 is 0. The summed E-state index contributed by atoms with van der Waals surface area (Å²) in [6.07, 6.45) is 4.12. The summed E-state index contributed by atoms with van der Waals surface area (Å²) in [6.45, 7) is 5.20.